The molecule has 1 aromatic rings. The van der Waals surface area contributed by atoms with Gasteiger partial charge in [-0.25, -0.2) is 0 Å². The van der Waals surface area contributed by atoms with Crippen LogP contribution < -0.4 is 5.32 Å². The van der Waals surface area contributed by atoms with Crippen molar-refractivity contribution >= 4 is 37.8 Å². The van der Waals surface area contributed by atoms with E-state index < -0.39 is 0 Å². The molecule has 1 aliphatic rings. The average molecular weight is 389 g/mol. The van der Waals surface area contributed by atoms with Crippen LogP contribution in [0.3, 0.4) is 0 Å². The van der Waals surface area contributed by atoms with Crippen molar-refractivity contribution in [1.29, 1.82) is 0 Å². The molecule has 2 unspecified atom stereocenters. The molecule has 1 aromatic carbocycles. The van der Waals surface area contributed by atoms with Crippen molar-refractivity contribution in [3.05, 3.63) is 32.7 Å². The molecular weight excluding hydrogens is 370 g/mol. The van der Waals surface area contributed by atoms with Gasteiger partial charge < -0.3 is 5.32 Å². The molecule has 2 nitrogen and oxygen atoms in total. The van der Waals surface area contributed by atoms with Crippen LogP contribution in [0.2, 0.25) is 0 Å². The second-order valence-corrected chi connectivity index (χ2v) is 7.27. The molecule has 1 aliphatic carbocycles. The molecule has 0 saturated heterocycles. The number of halogens is 2. The molecule has 0 spiro atoms. The quantitative estimate of drug-likeness (QED) is 0.716. The van der Waals surface area contributed by atoms with E-state index in [1.807, 2.05) is 18.2 Å². The van der Waals surface area contributed by atoms with Gasteiger partial charge in [-0.3, -0.25) is 4.79 Å². The van der Waals surface area contributed by atoms with Crippen LogP contribution in [-0.4, -0.2) is 11.9 Å². The summed E-state index contributed by atoms with van der Waals surface area (Å²) >= 11 is 6.83. The van der Waals surface area contributed by atoms with E-state index in [1.165, 1.54) is 19.3 Å². The molecule has 1 amide bonds. The number of amides is 1. The fourth-order valence-electron chi connectivity index (χ4n) is 2.59. The minimum atomic E-state index is 0.0292. The first kappa shape index (κ1) is 15.0. The van der Waals surface area contributed by atoms with Gasteiger partial charge in [0.1, 0.15) is 0 Å². The predicted molar refractivity (Wildman–Crippen MR) is 85.3 cm³/mol. The maximum Gasteiger partial charge on any atom is 0.251 e. The summed E-state index contributed by atoms with van der Waals surface area (Å²) in [6, 6.07) is 5.98. The van der Waals surface area contributed by atoms with Crippen LogP contribution in [0, 0.1) is 5.92 Å². The Balaban J connectivity index is 2.00. The number of hydrogen-bond acceptors (Lipinski definition) is 1. The zero-order valence-corrected chi connectivity index (χ0v) is 14.3. The lowest BCUT2D eigenvalue weighted by atomic mass is 10.0. The maximum atomic E-state index is 12.3. The first-order valence-corrected chi connectivity index (χ1v) is 8.40. The third kappa shape index (κ3) is 4.60. The van der Waals surface area contributed by atoms with Gasteiger partial charge in [0, 0.05) is 20.6 Å². The van der Waals surface area contributed by atoms with E-state index in [0.29, 0.717) is 11.6 Å². The summed E-state index contributed by atoms with van der Waals surface area (Å²) < 4.78 is 1.84. The number of rotatable bonds is 2. The van der Waals surface area contributed by atoms with Crippen LogP contribution >= 0.6 is 31.9 Å². The SMILES string of the molecule is CC1CCCC(NC(=O)c2cc(Br)cc(Br)c2)CC1. The second kappa shape index (κ2) is 6.89. The van der Waals surface area contributed by atoms with Crippen molar-refractivity contribution < 1.29 is 4.79 Å². The van der Waals surface area contributed by atoms with Crippen LogP contribution in [-0.2, 0) is 0 Å². The van der Waals surface area contributed by atoms with Crippen molar-refractivity contribution in [3.63, 3.8) is 0 Å². The van der Waals surface area contributed by atoms with Gasteiger partial charge in [-0.05, 0) is 43.4 Å². The van der Waals surface area contributed by atoms with E-state index in [1.54, 1.807) is 0 Å². The third-order valence-electron chi connectivity index (χ3n) is 3.72. The van der Waals surface area contributed by atoms with Crippen LogP contribution in [0.4, 0.5) is 0 Å². The predicted octanol–water partition coefficient (Wildman–Crippen LogP) is 4.91. The van der Waals surface area contributed by atoms with Gasteiger partial charge in [-0.1, -0.05) is 51.6 Å². The zero-order valence-electron chi connectivity index (χ0n) is 11.1. The Morgan fingerprint density at radius 3 is 2.47 bits per heavy atom. The highest BCUT2D eigenvalue weighted by molar-refractivity contribution is 9.11. The van der Waals surface area contributed by atoms with E-state index in [2.05, 4.69) is 44.1 Å². The molecule has 0 bridgehead atoms. The van der Waals surface area contributed by atoms with Gasteiger partial charge >= 0.3 is 0 Å². The summed E-state index contributed by atoms with van der Waals surface area (Å²) in [6.07, 6.45) is 5.92. The molecular formula is C15H19Br2NO. The van der Waals surface area contributed by atoms with Gasteiger partial charge in [0.05, 0.1) is 0 Å². The molecule has 4 heteroatoms. The molecule has 0 heterocycles. The summed E-state index contributed by atoms with van der Waals surface area (Å²) in [4.78, 5) is 12.3. The van der Waals surface area contributed by atoms with Crippen molar-refractivity contribution in [3.8, 4) is 0 Å². The third-order valence-corrected chi connectivity index (χ3v) is 4.63. The molecule has 104 valence electrons. The smallest absolute Gasteiger partial charge is 0.251 e. The largest absolute Gasteiger partial charge is 0.349 e. The monoisotopic (exact) mass is 387 g/mol. The Morgan fingerprint density at radius 2 is 1.79 bits per heavy atom. The average Bonchev–Trinajstić information content (AvgIpc) is 2.53. The summed E-state index contributed by atoms with van der Waals surface area (Å²) in [5, 5.41) is 3.17. The first-order chi connectivity index (χ1) is 9.04. The maximum absolute atomic E-state index is 12.3. The number of carbonyl (C=O) groups excluding carboxylic acids is 1. The Morgan fingerprint density at radius 1 is 1.11 bits per heavy atom. The van der Waals surface area contributed by atoms with Crippen molar-refractivity contribution in [2.24, 2.45) is 5.92 Å². The molecule has 1 fully saturated rings. The lowest BCUT2D eigenvalue weighted by molar-refractivity contribution is 0.0933. The summed E-state index contributed by atoms with van der Waals surface area (Å²) in [6.45, 7) is 2.30. The number of nitrogens with one attached hydrogen (secondary N) is 1. The molecule has 2 atom stereocenters. The van der Waals surface area contributed by atoms with E-state index in [9.17, 15) is 4.79 Å². The van der Waals surface area contributed by atoms with Crippen molar-refractivity contribution in [2.75, 3.05) is 0 Å². The summed E-state index contributed by atoms with van der Waals surface area (Å²) in [5.74, 6) is 0.823. The lowest BCUT2D eigenvalue weighted by Crippen LogP contribution is -2.34. The minimum Gasteiger partial charge on any atom is -0.349 e. The molecule has 1 saturated carbocycles. The molecule has 2 rings (SSSR count). The number of benzene rings is 1. The summed E-state index contributed by atoms with van der Waals surface area (Å²) in [7, 11) is 0. The highest BCUT2D eigenvalue weighted by Crippen LogP contribution is 2.24. The Kier molecular flexibility index (Phi) is 5.46. The molecule has 1 N–H and O–H groups in total. The first-order valence-electron chi connectivity index (χ1n) is 6.81. The highest BCUT2D eigenvalue weighted by Gasteiger charge is 2.18. The van der Waals surface area contributed by atoms with Crippen LogP contribution in [0.15, 0.2) is 27.1 Å². The van der Waals surface area contributed by atoms with Crippen molar-refractivity contribution in [1.82, 2.24) is 5.32 Å². The molecule has 0 aliphatic heterocycles. The summed E-state index contributed by atoms with van der Waals surface area (Å²) in [5.41, 5.74) is 0.707. The Labute approximate surface area is 131 Å². The van der Waals surface area contributed by atoms with Crippen molar-refractivity contribution in [2.45, 2.75) is 45.1 Å². The highest BCUT2D eigenvalue weighted by atomic mass is 79.9. The van der Waals surface area contributed by atoms with E-state index in [4.69, 9.17) is 0 Å². The van der Waals surface area contributed by atoms with E-state index in [-0.39, 0.29) is 5.91 Å². The standard InChI is InChI=1S/C15H19Br2NO/c1-10-3-2-4-14(6-5-10)18-15(19)11-7-12(16)9-13(17)8-11/h7-10,14H,2-6H2,1H3,(H,18,19). The fourth-order valence-corrected chi connectivity index (χ4v) is 3.88. The molecule has 0 aromatic heterocycles. The van der Waals surface area contributed by atoms with Gasteiger partial charge in [0.25, 0.3) is 5.91 Å². The zero-order chi connectivity index (χ0) is 13.8. The van der Waals surface area contributed by atoms with Crippen LogP contribution in [0.1, 0.15) is 49.4 Å². The van der Waals surface area contributed by atoms with Gasteiger partial charge in [-0.2, -0.15) is 0 Å². The lowest BCUT2D eigenvalue weighted by Gasteiger charge is -2.16. The van der Waals surface area contributed by atoms with Gasteiger partial charge in [0.2, 0.25) is 0 Å². The minimum absolute atomic E-state index is 0.0292. The topological polar surface area (TPSA) is 29.1 Å². The normalized spacial score (nSPS) is 23.7. The fraction of sp³-hybridized carbons (Fsp3) is 0.533. The van der Waals surface area contributed by atoms with Crippen LogP contribution in [0.5, 0.6) is 0 Å². The Hall–Kier alpha value is -0.350. The number of carbonyl (C=O) groups is 1. The number of hydrogen-bond donors (Lipinski definition) is 1. The van der Waals surface area contributed by atoms with Crippen LogP contribution in [0.25, 0.3) is 0 Å². The van der Waals surface area contributed by atoms with E-state index >= 15 is 0 Å². The van der Waals surface area contributed by atoms with Gasteiger partial charge in [-0.15, -0.1) is 0 Å². The second-order valence-electron chi connectivity index (χ2n) is 5.44. The van der Waals surface area contributed by atoms with Gasteiger partial charge in [0.15, 0.2) is 0 Å². The molecule has 0 radical (unpaired) electrons. The van der Waals surface area contributed by atoms with E-state index in [0.717, 1.165) is 27.7 Å². The molecule has 19 heavy (non-hydrogen) atoms. The Bertz CT molecular complexity index is 441.